The van der Waals surface area contributed by atoms with Crippen molar-refractivity contribution in [2.75, 3.05) is 0 Å². The van der Waals surface area contributed by atoms with Crippen molar-refractivity contribution in [3.63, 3.8) is 0 Å². The molecule has 0 amide bonds. The zero-order valence-corrected chi connectivity index (χ0v) is 34.6. The number of aromatic nitrogens is 3. The smallest absolute Gasteiger partial charge is 0.164 e. The fourth-order valence-corrected chi connectivity index (χ4v) is 10.5. The van der Waals surface area contributed by atoms with E-state index in [1.807, 2.05) is 30.0 Å². The van der Waals surface area contributed by atoms with Crippen LogP contribution in [-0.2, 0) is 6.42 Å². The highest BCUT2D eigenvalue weighted by atomic mass is 32.2. The quantitative estimate of drug-likeness (QED) is 0.160. The number of rotatable bonds is 7. The van der Waals surface area contributed by atoms with Crippen LogP contribution in [0.1, 0.15) is 35.1 Å². The van der Waals surface area contributed by atoms with Gasteiger partial charge in [0.25, 0.3) is 0 Å². The molecule has 0 saturated heterocycles. The molecule has 294 valence electrons. The van der Waals surface area contributed by atoms with Crippen LogP contribution in [0.15, 0.2) is 203 Å². The fourth-order valence-electron chi connectivity index (χ4n) is 9.21. The largest absolute Gasteiger partial charge is 0.460 e. The predicted molar refractivity (Wildman–Crippen MR) is 256 cm³/mol. The lowest BCUT2D eigenvalue weighted by Crippen LogP contribution is -2.11. The monoisotopic (exact) mass is 813 g/mol. The van der Waals surface area contributed by atoms with Crippen molar-refractivity contribution >= 4 is 34.4 Å². The van der Waals surface area contributed by atoms with Crippen molar-refractivity contribution < 1.29 is 4.42 Å². The van der Waals surface area contributed by atoms with Crippen molar-refractivity contribution in [3.05, 3.63) is 217 Å². The van der Waals surface area contributed by atoms with Crippen LogP contribution in [0.3, 0.4) is 0 Å². The van der Waals surface area contributed by atoms with Gasteiger partial charge < -0.3 is 4.42 Å². The SMILES string of the molecule is C1=Cc2c(oc3cc(-c4cc(-c5ccccc5)cc(-c5ccccc5)c4)cc(-c4ccc(-c5nc(C6=CC7c8ccccc8SC7C=C6)nc(-c6ccccc6)n5)cc4)c23)CC1. The summed E-state index contributed by atoms with van der Waals surface area (Å²) >= 11 is 1.93. The molecule has 2 aliphatic carbocycles. The number of allylic oxidation sites excluding steroid dienone is 4. The molecule has 12 rings (SSSR count). The normalized spacial score (nSPS) is 16.2. The number of aryl methyl sites for hydroxylation is 1. The first kappa shape index (κ1) is 36.5. The molecule has 0 N–H and O–H groups in total. The number of hydrogen-bond donors (Lipinski definition) is 0. The van der Waals surface area contributed by atoms with Crippen LogP contribution in [0.4, 0.5) is 0 Å². The van der Waals surface area contributed by atoms with Gasteiger partial charge in [-0.15, -0.1) is 11.8 Å². The molecule has 0 bridgehead atoms. The van der Waals surface area contributed by atoms with E-state index in [2.05, 4.69) is 182 Å². The summed E-state index contributed by atoms with van der Waals surface area (Å²) in [6.45, 7) is 0. The molecule has 4 nitrogen and oxygen atoms in total. The van der Waals surface area contributed by atoms with Crippen molar-refractivity contribution in [2.24, 2.45) is 0 Å². The van der Waals surface area contributed by atoms with E-state index < -0.39 is 0 Å². The Hall–Kier alpha value is -7.34. The lowest BCUT2D eigenvalue weighted by Gasteiger charge is -2.19. The van der Waals surface area contributed by atoms with Gasteiger partial charge in [-0.05, 0) is 92.9 Å². The molecule has 7 aromatic carbocycles. The molecule has 5 heteroatoms. The van der Waals surface area contributed by atoms with Crippen molar-refractivity contribution in [1.82, 2.24) is 15.0 Å². The number of nitrogens with zero attached hydrogens (tertiary/aromatic N) is 3. The predicted octanol–water partition coefficient (Wildman–Crippen LogP) is 14.8. The first-order valence-corrected chi connectivity index (χ1v) is 22.2. The molecule has 2 atom stereocenters. The minimum Gasteiger partial charge on any atom is -0.460 e. The molecule has 0 spiro atoms. The van der Waals surface area contributed by atoms with Crippen LogP contribution in [0.5, 0.6) is 0 Å². The molecule has 1 aliphatic heterocycles. The third-order valence-corrected chi connectivity index (χ3v) is 13.7. The van der Waals surface area contributed by atoms with Crippen LogP contribution >= 0.6 is 11.8 Å². The summed E-state index contributed by atoms with van der Waals surface area (Å²) < 4.78 is 6.72. The number of benzene rings is 7. The first-order valence-electron chi connectivity index (χ1n) is 21.3. The topological polar surface area (TPSA) is 51.8 Å². The summed E-state index contributed by atoms with van der Waals surface area (Å²) in [4.78, 5) is 16.7. The van der Waals surface area contributed by atoms with Gasteiger partial charge in [0.1, 0.15) is 11.3 Å². The Morgan fingerprint density at radius 1 is 0.500 bits per heavy atom. The van der Waals surface area contributed by atoms with E-state index in [9.17, 15) is 0 Å². The van der Waals surface area contributed by atoms with Crippen LogP contribution in [0, 0.1) is 0 Å². The average Bonchev–Trinajstić information content (AvgIpc) is 3.92. The molecular weight excluding hydrogens is 775 g/mol. The van der Waals surface area contributed by atoms with E-state index in [0.717, 1.165) is 68.5 Å². The van der Waals surface area contributed by atoms with Crippen LogP contribution in [0.25, 0.3) is 89.9 Å². The van der Waals surface area contributed by atoms with E-state index in [1.54, 1.807) is 0 Å². The lowest BCUT2D eigenvalue weighted by atomic mass is 9.89. The first-order chi connectivity index (χ1) is 30.7. The number of furan rings is 1. The van der Waals surface area contributed by atoms with Crippen molar-refractivity contribution in [3.8, 4) is 67.3 Å². The fraction of sp³-hybridized carbons (Fsp3) is 0.0702. The summed E-state index contributed by atoms with van der Waals surface area (Å²) in [5, 5.41) is 1.52. The van der Waals surface area contributed by atoms with Gasteiger partial charge in [0.05, 0.1) is 0 Å². The highest BCUT2D eigenvalue weighted by Crippen LogP contribution is 2.49. The van der Waals surface area contributed by atoms with Gasteiger partial charge in [-0.2, -0.15) is 0 Å². The second-order valence-corrected chi connectivity index (χ2v) is 17.4. The minimum atomic E-state index is 0.276. The molecule has 3 aliphatic rings. The molecule has 3 heterocycles. The minimum absolute atomic E-state index is 0.276. The van der Waals surface area contributed by atoms with Gasteiger partial charge in [-0.25, -0.2) is 15.0 Å². The molecule has 62 heavy (non-hydrogen) atoms. The molecule has 0 fully saturated rings. The molecule has 0 radical (unpaired) electrons. The van der Waals surface area contributed by atoms with Crippen molar-refractivity contribution in [2.45, 2.75) is 28.9 Å². The summed E-state index contributed by atoms with van der Waals surface area (Å²) in [6, 6.07) is 60.4. The van der Waals surface area contributed by atoms with Crippen LogP contribution in [-0.4, -0.2) is 20.2 Å². The summed E-state index contributed by atoms with van der Waals surface area (Å²) in [7, 11) is 0. The van der Waals surface area contributed by atoms with Gasteiger partial charge in [-0.3, -0.25) is 0 Å². The van der Waals surface area contributed by atoms with E-state index in [-0.39, 0.29) is 5.92 Å². The van der Waals surface area contributed by atoms with Gasteiger partial charge in [-0.1, -0.05) is 164 Å². The maximum atomic E-state index is 6.72. The standard InChI is InChI=1S/C57H39N3OS/c1-4-14-36(15-5-1)42-30-43(37-16-6-2-7-17-37)32-44(31-42)45-34-48(54-47-21-10-12-22-50(47)61-51(54)35-45)38-24-26-40(27-25-38)56-58-55(39-18-8-3-9-19-39)59-57(60-56)41-28-29-53-49(33-41)46-20-11-13-23-52(46)62-53/h1-11,13-21,23-35,49,53H,12,22H2. The van der Waals surface area contributed by atoms with E-state index in [1.165, 1.54) is 38.3 Å². The van der Waals surface area contributed by atoms with Gasteiger partial charge in [0.2, 0.25) is 0 Å². The number of fused-ring (bicyclic) bond motifs is 6. The number of thioether (sulfide) groups is 1. The Morgan fingerprint density at radius 3 is 1.76 bits per heavy atom. The second-order valence-electron chi connectivity index (χ2n) is 16.2. The van der Waals surface area contributed by atoms with E-state index in [4.69, 9.17) is 19.4 Å². The van der Waals surface area contributed by atoms with Crippen LogP contribution in [0.2, 0.25) is 0 Å². The highest BCUT2D eigenvalue weighted by Gasteiger charge is 2.33. The van der Waals surface area contributed by atoms with Crippen molar-refractivity contribution in [1.29, 1.82) is 0 Å². The Bertz CT molecular complexity index is 3200. The zero-order chi connectivity index (χ0) is 41.0. The van der Waals surface area contributed by atoms with Crippen LogP contribution < -0.4 is 0 Å². The molecule has 0 saturated carbocycles. The second kappa shape index (κ2) is 15.3. The maximum absolute atomic E-state index is 6.72. The third kappa shape index (κ3) is 6.62. The third-order valence-electron chi connectivity index (χ3n) is 12.3. The average molecular weight is 814 g/mol. The van der Waals surface area contributed by atoms with Gasteiger partial charge in [0, 0.05) is 50.1 Å². The Labute approximate surface area is 365 Å². The van der Waals surface area contributed by atoms with Gasteiger partial charge >= 0.3 is 0 Å². The zero-order valence-electron chi connectivity index (χ0n) is 33.8. The molecule has 2 unspecified atom stereocenters. The Kier molecular flexibility index (Phi) is 9.00. The number of hydrogen-bond acceptors (Lipinski definition) is 5. The van der Waals surface area contributed by atoms with Gasteiger partial charge in [0.15, 0.2) is 17.5 Å². The summed E-state index contributed by atoms with van der Waals surface area (Å²) in [5.74, 6) is 3.31. The molecule has 2 aromatic heterocycles. The lowest BCUT2D eigenvalue weighted by molar-refractivity contribution is 0.546. The van der Waals surface area contributed by atoms with E-state index >= 15 is 0 Å². The molecule has 9 aromatic rings. The van der Waals surface area contributed by atoms with E-state index in [0.29, 0.717) is 22.7 Å². The summed E-state index contributed by atoms with van der Waals surface area (Å²) in [5.41, 5.74) is 15.5. The summed E-state index contributed by atoms with van der Waals surface area (Å²) in [6.07, 6.45) is 13.2. The Balaban J connectivity index is 0.979. The highest BCUT2D eigenvalue weighted by molar-refractivity contribution is 8.00. The Morgan fingerprint density at radius 2 is 1.06 bits per heavy atom. The maximum Gasteiger partial charge on any atom is 0.164 e. The molecular formula is C57H39N3OS.